The molecule has 0 spiro atoms. The molecule has 0 saturated carbocycles. The number of nitrogens with one attached hydrogen (secondary N) is 1. The predicted molar refractivity (Wildman–Crippen MR) is 60.5 cm³/mol. The second-order valence-corrected chi connectivity index (χ2v) is 3.52. The number of hydrogen-bond acceptors (Lipinski definition) is 4. The molecule has 0 aliphatic rings. The third-order valence-electron chi connectivity index (χ3n) is 2.27. The van der Waals surface area contributed by atoms with Gasteiger partial charge in [-0.05, 0) is 19.1 Å². The van der Waals surface area contributed by atoms with Crippen molar-refractivity contribution in [1.82, 2.24) is 25.3 Å². The number of hydrogen-bond donors (Lipinski definition) is 1. The summed E-state index contributed by atoms with van der Waals surface area (Å²) < 4.78 is 1.92. The quantitative estimate of drug-likeness (QED) is 0.811. The highest BCUT2D eigenvalue weighted by atomic mass is 15.3. The Morgan fingerprint density at radius 1 is 1.38 bits per heavy atom. The number of nitrogens with zero attached hydrogens (tertiary/aromatic N) is 4. The Hall–Kier alpha value is -1.75. The highest BCUT2D eigenvalue weighted by Gasteiger charge is 1.97. The summed E-state index contributed by atoms with van der Waals surface area (Å²) in [7, 11) is 0. The van der Waals surface area contributed by atoms with Crippen LogP contribution in [-0.4, -0.2) is 20.0 Å². The highest BCUT2D eigenvalue weighted by molar-refractivity contribution is 5.04. The van der Waals surface area contributed by atoms with E-state index in [1.165, 1.54) is 5.56 Å². The molecule has 0 atom stereocenters. The SMILES string of the molecule is CCn1cc(CNCc2cccnn2)cn1. The Morgan fingerprint density at radius 2 is 2.31 bits per heavy atom. The van der Waals surface area contributed by atoms with Crippen LogP contribution >= 0.6 is 0 Å². The maximum Gasteiger partial charge on any atom is 0.0769 e. The first-order valence-corrected chi connectivity index (χ1v) is 5.37. The zero-order valence-electron chi connectivity index (χ0n) is 9.30. The van der Waals surface area contributed by atoms with Crippen LogP contribution in [0.15, 0.2) is 30.7 Å². The van der Waals surface area contributed by atoms with E-state index in [-0.39, 0.29) is 0 Å². The van der Waals surface area contributed by atoms with Gasteiger partial charge in [0.15, 0.2) is 0 Å². The molecule has 16 heavy (non-hydrogen) atoms. The lowest BCUT2D eigenvalue weighted by Crippen LogP contribution is -2.13. The fourth-order valence-corrected chi connectivity index (χ4v) is 1.43. The monoisotopic (exact) mass is 217 g/mol. The van der Waals surface area contributed by atoms with Gasteiger partial charge in [0.2, 0.25) is 0 Å². The third kappa shape index (κ3) is 2.87. The van der Waals surface area contributed by atoms with Gasteiger partial charge in [-0.2, -0.15) is 15.3 Å². The van der Waals surface area contributed by atoms with Crippen LogP contribution in [0.2, 0.25) is 0 Å². The van der Waals surface area contributed by atoms with Crippen molar-refractivity contribution in [2.75, 3.05) is 0 Å². The molecule has 0 fully saturated rings. The van der Waals surface area contributed by atoms with Gasteiger partial charge in [-0.1, -0.05) is 0 Å². The van der Waals surface area contributed by atoms with Gasteiger partial charge in [0.05, 0.1) is 11.9 Å². The van der Waals surface area contributed by atoms with Gasteiger partial charge in [-0.3, -0.25) is 4.68 Å². The Bertz CT molecular complexity index is 423. The largest absolute Gasteiger partial charge is 0.307 e. The van der Waals surface area contributed by atoms with Crippen LogP contribution in [0, 0.1) is 0 Å². The molecule has 2 aromatic rings. The molecule has 0 saturated heterocycles. The molecule has 0 bridgehead atoms. The minimum Gasteiger partial charge on any atom is -0.307 e. The summed E-state index contributed by atoms with van der Waals surface area (Å²) in [6.07, 6.45) is 5.60. The summed E-state index contributed by atoms with van der Waals surface area (Å²) in [4.78, 5) is 0. The summed E-state index contributed by atoms with van der Waals surface area (Å²) >= 11 is 0. The van der Waals surface area contributed by atoms with Crippen LogP contribution in [0.4, 0.5) is 0 Å². The van der Waals surface area contributed by atoms with Crippen LogP contribution in [0.3, 0.4) is 0 Å². The molecule has 2 heterocycles. The fourth-order valence-electron chi connectivity index (χ4n) is 1.43. The van der Waals surface area contributed by atoms with Crippen molar-refractivity contribution in [3.8, 4) is 0 Å². The fraction of sp³-hybridized carbons (Fsp3) is 0.364. The molecule has 0 aliphatic carbocycles. The molecular weight excluding hydrogens is 202 g/mol. The van der Waals surface area contributed by atoms with Crippen molar-refractivity contribution in [2.24, 2.45) is 0 Å². The molecule has 84 valence electrons. The van der Waals surface area contributed by atoms with E-state index in [0.717, 1.165) is 25.3 Å². The molecule has 0 amide bonds. The lowest BCUT2D eigenvalue weighted by Gasteiger charge is -2.00. The molecule has 5 nitrogen and oxygen atoms in total. The molecule has 2 rings (SSSR count). The highest BCUT2D eigenvalue weighted by Crippen LogP contribution is 1.98. The zero-order valence-corrected chi connectivity index (χ0v) is 9.30. The Labute approximate surface area is 94.5 Å². The van der Waals surface area contributed by atoms with Crippen molar-refractivity contribution in [3.05, 3.63) is 42.0 Å². The predicted octanol–water partition coefficient (Wildman–Crippen LogP) is 0.983. The van der Waals surface area contributed by atoms with E-state index in [1.54, 1.807) is 6.20 Å². The average Bonchev–Trinajstić information content (AvgIpc) is 2.78. The first kappa shape index (κ1) is 10.8. The van der Waals surface area contributed by atoms with E-state index in [1.807, 2.05) is 29.2 Å². The zero-order chi connectivity index (χ0) is 11.2. The van der Waals surface area contributed by atoms with E-state index in [2.05, 4.69) is 27.5 Å². The number of rotatable bonds is 5. The van der Waals surface area contributed by atoms with E-state index >= 15 is 0 Å². The molecular formula is C11H15N5. The summed E-state index contributed by atoms with van der Waals surface area (Å²) in [5, 5.41) is 15.3. The normalized spacial score (nSPS) is 10.6. The van der Waals surface area contributed by atoms with E-state index < -0.39 is 0 Å². The van der Waals surface area contributed by atoms with Gasteiger partial charge >= 0.3 is 0 Å². The Balaban J connectivity index is 1.80. The maximum atomic E-state index is 4.21. The molecule has 5 heteroatoms. The molecule has 1 N–H and O–H groups in total. The Morgan fingerprint density at radius 3 is 3.00 bits per heavy atom. The average molecular weight is 217 g/mol. The van der Waals surface area contributed by atoms with Gasteiger partial charge in [0.1, 0.15) is 0 Å². The number of aryl methyl sites for hydroxylation is 1. The lowest BCUT2D eigenvalue weighted by atomic mass is 10.3. The van der Waals surface area contributed by atoms with Crippen molar-refractivity contribution in [1.29, 1.82) is 0 Å². The standard InChI is InChI=1S/C11H15N5/c1-2-16-9-10(7-14-16)6-12-8-11-4-3-5-13-15-11/h3-5,7,9,12H,2,6,8H2,1H3. The van der Waals surface area contributed by atoms with E-state index in [0.29, 0.717) is 0 Å². The summed E-state index contributed by atoms with van der Waals surface area (Å²) in [5.74, 6) is 0. The molecule has 2 aromatic heterocycles. The second kappa shape index (κ2) is 5.37. The number of aromatic nitrogens is 4. The van der Waals surface area contributed by atoms with Gasteiger partial charge < -0.3 is 5.32 Å². The topological polar surface area (TPSA) is 55.6 Å². The lowest BCUT2D eigenvalue weighted by molar-refractivity contribution is 0.652. The Kier molecular flexibility index (Phi) is 3.61. The van der Waals surface area contributed by atoms with Crippen molar-refractivity contribution in [3.63, 3.8) is 0 Å². The molecule has 0 radical (unpaired) electrons. The molecule has 0 aromatic carbocycles. The van der Waals surface area contributed by atoms with Crippen molar-refractivity contribution < 1.29 is 0 Å². The maximum absolute atomic E-state index is 4.21. The van der Waals surface area contributed by atoms with Gasteiger partial charge in [-0.25, -0.2) is 0 Å². The van der Waals surface area contributed by atoms with Crippen molar-refractivity contribution in [2.45, 2.75) is 26.6 Å². The summed E-state index contributed by atoms with van der Waals surface area (Å²) in [6.45, 7) is 4.51. The molecule has 0 aliphatic heterocycles. The first-order chi connectivity index (χ1) is 7.88. The van der Waals surface area contributed by atoms with Crippen LogP contribution in [0.5, 0.6) is 0 Å². The van der Waals surface area contributed by atoms with Crippen LogP contribution < -0.4 is 5.32 Å². The third-order valence-corrected chi connectivity index (χ3v) is 2.27. The minimum absolute atomic E-state index is 0.727. The van der Waals surface area contributed by atoms with Gasteiger partial charge in [-0.15, -0.1) is 0 Å². The van der Waals surface area contributed by atoms with E-state index in [9.17, 15) is 0 Å². The van der Waals surface area contributed by atoms with Gasteiger partial charge in [0.25, 0.3) is 0 Å². The van der Waals surface area contributed by atoms with Gasteiger partial charge in [0, 0.05) is 37.6 Å². The van der Waals surface area contributed by atoms with E-state index in [4.69, 9.17) is 0 Å². The first-order valence-electron chi connectivity index (χ1n) is 5.37. The smallest absolute Gasteiger partial charge is 0.0769 e. The molecule has 0 unspecified atom stereocenters. The second-order valence-electron chi connectivity index (χ2n) is 3.52. The minimum atomic E-state index is 0.727. The van der Waals surface area contributed by atoms with Crippen molar-refractivity contribution >= 4 is 0 Å². The van der Waals surface area contributed by atoms with Crippen LogP contribution in [0.25, 0.3) is 0 Å². The summed E-state index contributed by atoms with van der Waals surface area (Å²) in [5.41, 5.74) is 2.14. The van der Waals surface area contributed by atoms with Crippen LogP contribution in [0.1, 0.15) is 18.2 Å². The summed E-state index contributed by atoms with van der Waals surface area (Å²) in [6, 6.07) is 3.84. The van der Waals surface area contributed by atoms with Crippen LogP contribution in [-0.2, 0) is 19.6 Å².